The van der Waals surface area contributed by atoms with Gasteiger partial charge in [-0.2, -0.15) is 12.7 Å². The molecular weight excluding hydrogens is 526 g/mol. The number of nitrogens with one attached hydrogen (secondary N) is 2. The lowest BCUT2D eigenvalue weighted by Crippen LogP contribution is -2.74. The summed E-state index contributed by atoms with van der Waals surface area (Å²) < 4.78 is 40.6. The minimum absolute atomic E-state index is 0.0128. The van der Waals surface area contributed by atoms with E-state index in [2.05, 4.69) is 30.2 Å². The van der Waals surface area contributed by atoms with Crippen LogP contribution in [0.1, 0.15) is 5.69 Å². The largest absolute Gasteiger partial charge is 0.467 e. The summed E-state index contributed by atoms with van der Waals surface area (Å²) in [7, 11) is -3.17. The van der Waals surface area contributed by atoms with Crippen molar-refractivity contribution in [2.75, 3.05) is 32.0 Å². The number of aromatic nitrogens is 1. The van der Waals surface area contributed by atoms with Crippen molar-refractivity contribution in [3.63, 3.8) is 0 Å². The number of carbonyl (C=O) groups excluding carboxylic acids is 5. The molecule has 2 unspecified atom stereocenters. The molecule has 3 N–H and O–H groups in total. The minimum Gasteiger partial charge on any atom is -0.467 e. The predicted octanol–water partition coefficient (Wildman–Crippen LogP) is -2.11. The Balaban J connectivity index is 2.32. The minimum atomic E-state index is -5.13. The Morgan fingerprint density at radius 2 is 1.97 bits per heavy atom. The van der Waals surface area contributed by atoms with E-state index in [9.17, 15) is 32.4 Å². The molecular formula is C15H16ClN5O11S2. The molecule has 1 aliphatic rings. The molecule has 1 aliphatic heterocycles. The van der Waals surface area contributed by atoms with Crippen LogP contribution < -0.4 is 10.6 Å². The summed E-state index contributed by atoms with van der Waals surface area (Å²) >= 11 is 6.26. The predicted molar refractivity (Wildman–Crippen MR) is 112 cm³/mol. The fraction of sp³-hybridized carbons (Fsp3) is 0.400. The summed E-state index contributed by atoms with van der Waals surface area (Å²) in [5, 5.41) is 9.16. The number of alkyl halides is 1. The van der Waals surface area contributed by atoms with Crippen LogP contribution in [0.25, 0.3) is 0 Å². The zero-order valence-corrected chi connectivity index (χ0v) is 19.6. The molecule has 0 saturated carbocycles. The number of carbonyl (C=O) groups is 5. The fourth-order valence-electron chi connectivity index (χ4n) is 2.43. The molecule has 1 fully saturated rings. The number of halogens is 1. The lowest BCUT2D eigenvalue weighted by Gasteiger charge is -2.41. The van der Waals surface area contributed by atoms with Crippen molar-refractivity contribution < 1.29 is 51.3 Å². The Morgan fingerprint density at radius 3 is 2.53 bits per heavy atom. The molecule has 19 heteroatoms. The number of rotatable bonds is 10. The van der Waals surface area contributed by atoms with Gasteiger partial charge < -0.3 is 24.9 Å². The van der Waals surface area contributed by atoms with Gasteiger partial charge in [-0.25, -0.2) is 14.6 Å². The highest BCUT2D eigenvalue weighted by Gasteiger charge is 2.58. The van der Waals surface area contributed by atoms with E-state index in [4.69, 9.17) is 21.0 Å². The van der Waals surface area contributed by atoms with Crippen molar-refractivity contribution in [1.82, 2.24) is 14.6 Å². The molecule has 2 rings (SSSR count). The second-order valence-corrected chi connectivity index (χ2v) is 8.45. The second kappa shape index (κ2) is 11.2. The number of ether oxygens (including phenoxy) is 2. The average Bonchev–Trinajstić information content (AvgIpc) is 3.24. The Morgan fingerprint density at radius 1 is 1.29 bits per heavy atom. The van der Waals surface area contributed by atoms with E-state index in [1.54, 1.807) is 0 Å². The summed E-state index contributed by atoms with van der Waals surface area (Å²) in [6, 6.07) is -3.66. The van der Waals surface area contributed by atoms with Gasteiger partial charge in [0.15, 0.2) is 16.9 Å². The Bertz CT molecular complexity index is 1140. The van der Waals surface area contributed by atoms with Gasteiger partial charge in [0.05, 0.1) is 14.2 Å². The number of esters is 2. The van der Waals surface area contributed by atoms with Gasteiger partial charge in [0.1, 0.15) is 17.6 Å². The van der Waals surface area contributed by atoms with Crippen molar-refractivity contribution in [3.05, 3.63) is 11.1 Å². The number of thiazole rings is 1. The van der Waals surface area contributed by atoms with Crippen molar-refractivity contribution >= 4 is 73.7 Å². The maximum Gasteiger partial charge on any atom is 0.363 e. The maximum atomic E-state index is 12.8. The van der Waals surface area contributed by atoms with Gasteiger partial charge in [0.25, 0.3) is 11.8 Å². The number of nitrogens with zero attached hydrogens (tertiary/aromatic N) is 3. The summed E-state index contributed by atoms with van der Waals surface area (Å²) in [5.41, 5.74) is -0.807. The van der Waals surface area contributed by atoms with Crippen LogP contribution in [0, 0.1) is 0 Å². The van der Waals surface area contributed by atoms with E-state index in [1.807, 2.05) is 0 Å². The molecule has 1 saturated heterocycles. The van der Waals surface area contributed by atoms with Crippen LogP contribution >= 0.6 is 22.9 Å². The molecule has 0 radical (unpaired) electrons. The first-order valence-electron chi connectivity index (χ1n) is 8.72. The van der Waals surface area contributed by atoms with Crippen LogP contribution in [0.15, 0.2) is 10.5 Å². The molecule has 2 heterocycles. The van der Waals surface area contributed by atoms with Gasteiger partial charge in [-0.1, -0.05) is 5.16 Å². The van der Waals surface area contributed by atoms with Crippen molar-refractivity contribution in [3.8, 4) is 0 Å². The van der Waals surface area contributed by atoms with Crippen LogP contribution in [-0.2, 0) is 48.6 Å². The van der Waals surface area contributed by atoms with Crippen molar-refractivity contribution in [2.24, 2.45) is 5.16 Å². The molecule has 0 aromatic carbocycles. The standard InChI is InChI=1S/C15H16ClN5O11S2/c1-30-8(23)4-32-20-9(6-5-33-15(17-6)18-7(22)3-16)12(24)19-10-11(14(26)31-2)21(13(10)25)34(27,28)29/h5,10-11H,3-4H2,1-2H3,(H,19,24)(H,17,18,22)(H,27,28,29)/b20-9-. The topological polar surface area (TPSA) is 220 Å². The van der Waals surface area contributed by atoms with Crippen LogP contribution in [0.2, 0.25) is 0 Å². The summed E-state index contributed by atoms with van der Waals surface area (Å²) in [6.45, 7) is -0.711. The molecule has 0 aliphatic carbocycles. The normalized spacial score (nSPS) is 17.9. The third kappa shape index (κ3) is 6.16. The molecule has 1 aromatic heterocycles. The lowest BCUT2D eigenvalue weighted by atomic mass is 9.98. The van der Waals surface area contributed by atoms with Gasteiger partial charge in [-0.3, -0.25) is 18.9 Å². The number of anilines is 1. The van der Waals surface area contributed by atoms with Gasteiger partial charge in [-0.05, 0) is 0 Å². The monoisotopic (exact) mass is 541 g/mol. The SMILES string of the molecule is COC(=O)CO/N=C(\C(=O)NC1C(=O)N(S(=O)(=O)O)C1C(=O)OC)c1csc(NC(=O)CCl)n1. The van der Waals surface area contributed by atoms with Crippen LogP contribution in [0.5, 0.6) is 0 Å². The first kappa shape index (κ1) is 26.9. The summed E-state index contributed by atoms with van der Waals surface area (Å²) in [4.78, 5) is 68.3. The summed E-state index contributed by atoms with van der Waals surface area (Å²) in [6.07, 6.45) is 0. The smallest absolute Gasteiger partial charge is 0.363 e. The van der Waals surface area contributed by atoms with Gasteiger partial charge in [0, 0.05) is 5.38 Å². The first-order valence-corrected chi connectivity index (χ1v) is 11.5. The first-order chi connectivity index (χ1) is 15.9. The van der Waals surface area contributed by atoms with Crippen LogP contribution in [0.4, 0.5) is 5.13 Å². The number of methoxy groups -OCH3 is 2. The molecule has 1 aromatic rings. The highest BCUT2D eigenvalue weighted by atomic mass is 35.5. The van der Waals surface area contributed by atoms with E-state index < -0.39 is 64.4 Å². The summed E-state index contributed by atoms with van der Waals surface area (Å²) in [5.74, 6) is -5.59. The lowest BCUT2D eigenvalue weighted by molar-refractivity contribution is -0.162. The second-order valence-electron chi connectivity index (χ2n) is 6.04. The quantitative estimate of drug-likeness (QED) is 0.0722. The molecule has 186 valence electrons. The molecule has 0 spiro atoms. The number of oxime groups is 1. The molecule has 2 atom stereocenters. The molecule has 3 amide bonds. The Hall–Kier alpha value is -3.35. The van der Waals surface area contributed by atoms with E-state index in [1.165, 1.54) is 5.38 Å². The average molecular weight is 542 g/mol. The van der Waals surface area contributed by atoms with Crippen molar-refractivity contribution in [1.29, 1.82) is 0 Å². The van der Waals surface area contributed by atoms with E-state index >= 15 is 0 Å². The Kier molecular flexibility index (Phi) is 8.85. The maximum absolute atomic E-state index is 12.8. The third-order valence-electron chi connectivity index (χ3n) is 3.93. The Labute approximate surface area is 200 Å². The van der Waals surface area contributed by atoms with Crippen LogP contribution in [0.3, 0.4) is 0 Å². The highest BCUT2D eigenvalue weighted by molar-refractivity contribution is 7.84. The highest BCUT2D eigenvalue weighted by Crippen LogP contribution is 2.25. The van der Waals surface area contributed by atoms with E-state index in [0.717, 1.165) is 25.6 Å². The number of amides is 3. The number of hydrogen-bond acceptors (Lipinski definition) is 13. The molecule has 34 heavy (non-hydrogen) atoms. The van der Waals surface area contributed by atoms with E-state index in [0.29, 0.717) is 0 Å². The fourth-order valence-corrected chi connectivity index (χ4v) is 4.04. The van der Waals surface area contributed by atoms with Gasteiger partial charge in [-0.15, -0.1) is 22.9 Å². The zero-order chi connectivity index (χ0) is 25.6. The van der Waals surface area contributed by atoms with Crippen LogP contribution in [-0.4, -0.2) is 96.4 Å². The molecule has 16 nitrogen and oxygen atoms in total. The third-order valence-corrected chi connectivity index (χ3v) is 5.83. The zero-order valence-electron chi connectivity index (χ0n) is 17.2. The molecule has 0 bridgehead atoms. The number of β-lactam (4-membered cyclic amide) rings is 1. The van der Waals surface area contributed by atoms with E-state index in [-0.39, 0.29) is 21.0 Å². The van der Waals surface area contributed by atoms with Crippen molar-refractivity contribution in [2.45, 2.75) is 12.1 Å². The number of hydrogen-bond donors (Lipinski definition) is 3. The van der Waals surface area contributed by atoms with Gasteiger partial charge in [0.2, 0.25) is 12.5 Å². The van der Waals surface area contributed by atoms with Gasteiger partial charge >= 0.3 is 22.2 Å².